The monoisotopic (exact) mass is 317 g/mol. The molecule has 0 atom stereocenters. The fourth-order valence-corrected chi connectivity index (χ4v) is 2.16. The van der Waals surface area contributed by atoms with Crippen molar-refractivity contribution >= 4 is 17.8 Å². The first-order chi connectivity index (χ1) is 11.1. The summed E-state index contributed by atoms with van der Waals surface area (Å²) in [4.78, 5) is 40.0. The van der Waals surface area contributed by atoms with Gasteiger partial charge in [0.15, 0.2) is 5.82 Å². The van der Waals surface area contributed by atoms with Gasteiger partial charge in [-0.05, 0) is 22.6 Å². The fourth-order valence-electron chi connectivity index (χ4n) is 2.16. The summed E-state index contributed by atoms with van der Waals surface area (Å²) in [5, 5.41) is 20.0. The SMILES string of the molecule is O=C(O)Cc1nnnn1CCON1C(=O)c2ccccc2C1=O. The lowest BCUT2D eigenvalue weighted by Crippen LogP contribution is -2.31. The Morgan fingerprint density at radius 2 is 1.83 bits per heavy atom. The third kappa shape index (κ3) is 2.79. The second-order valence-electron chi connectivity index (χ2n) is 4.67. The molecule has 1 aliphatic heterocycles. The Balaban J connectivity index is 1.62. The van der Waals surface area contributed by atoms with Crippen molar-refractivity contribution < 1.29 is 24.3 Å². The van der Waals surface area contributed by atoms with Crippen molar-refractivity contribution in [3.05, 3.63) is 41.2 Å². The first-order valence-electron chi connectivity index (χ1n) is 6.65. The number of benzene rings is 1. The van der Waals surface area contributed by atoms with Crippen LogP contribution in [-0.2, 0) is 22.6 Å². The van der Waals surface area contributed by atoms with Crippen LogP contribution in [0.25, 0.3) is 0 Å². The molecule has 0 saturated heterocycles. The summed E-state index contributed by atoms with van der Waals surface area (Å²) in [6, 6.07) is 6.41. The molecule has 23 heavy (non-hydrogen) atoms. The highest BCUT2D eigenvalue weighted by molar-refractivity contribution is 6.20. The van der Waals surface area contributed by atoms with Crippen molar-refractivity contribution in [2.45, 2.75) is 13.0 Å². The molecule has 10 nitrogen and oxygen atoms in total. The summed E-state index contributed by atoms with van der Waals surface area (Å²) in [6.07, 6.45) is -0.333. The fraction of sp³-hybridized carbons (Fsp3) is 0.231. The summed E-state index contributed by atoms with van der Waals surface area (Å²) >= 11 is 0. The van der Waals surface area contributed by atoms with Crippen LogP contribution in [0.2, 0.25) is 0 Å². The topological polar surface area (TPSA) is 128 Å². The smallest absolute Gasteiger partial charge is 0.311 e. The molecular weight excluding hydrogens is 306 g/mol. The zero-order valence-electron chi connectivity index (χ0n) is 11.7. The lowest BCUT2D eigenvalue weighted by atomic mass is 10.1. The van der Waals surface area contributed by atoms with Gasteiger partial charge in [-0.1, -0.05) is 12.1 Å². The number of rotatable bonds is 6. The lowest BCUT2D eigenvalue weighted by Gasteiger charge is -2.13. The Labute approximate surface area is 129 Å². The molecule has 1 N–H and O–H groups in total. The Morgan fingerprint density at radius 3 is 2.43 bits per heavy atom. The third-order valence-corrected chi connectivity index (χ3v) is 3.20. The standard InChI is InChI=1S/C13H11N5O5/c19-11(20)7-10-14-15-16-17(10)5-6-23-18-12(21)8-3-1-2-4-9(8)13(18)22/h1-4H,5-7H2,(H,19,20). The van der Waals surface area contributed by atoms with Gasteiger partial charge in [-0.15, -0.1) is 10.2 Å². The highest BCUT2D eigenvalue weighted by atomic mass is 16.7. The number of aliphatic carboxylic acids is 1. The maximum atomic E-state index is 12.1. The molecular formula is C13H11N5O5. The van der Waals surface area contributed by atoms with E-state index in [2.05, 4.69) is 15.5 Å². The van der Waals surface area contributed by atoms with Crippen molar-refractivity contribution in [2.75, 3.05) is 6.61 Å². The largest absolute Gasteiger partial charge is 0.481 e. The molecule has 3 rings (SSSR count). The van der Waals surface area contributed by atoms with Crippen molar-refractivity contribution in [3.63, 3.8) is 0 Å². The van der Waals surface area contributed by atoms with E-state index in [4.69, 9.17) is 9.94 Å². The number of carbonyl (C=O) groups excluding carboxylic acids is 2. The van der Waals surface area contributed by atoms with E-state index in [0.29, 0.717) is 5.06 Å². The minimum Gasteiger partial charge on any atom is -0.481 e. The van der Waals surface area contributed by atoms with E-state index in [9.17, 15) is 14.4 Å². The maximum absolute atomic E-state index is 12.1. The number of fused-ring (bicyclic) bond motifs is 1. The molecule has 1 aromatic heterocycles. The summed E-state index contributed by atoms with van der Waals surface area (Å²) < 4.78 is 1.24. The van der Waals surface area contributed by atoms with Gasteiger partial charge in [0.05, 0.1) is 24.3 Å². The predicted molar refractivity (Wildman–Crippen MR) is 72.1 cm³/mol. The number of aromatic nitrogens is 4. The Hall–Kier alpha value is -3.14. The Bertz CT molecular complexity index is 752. The summed E-state index contributed by atoms with van der Waals surface area (Å²) in [5.41, 5.74) is 0.568. The van der Waals surface area contributed by atoms with Crippen molar-refractivity contribution in [1.29, 1.82) is 0 Å². The first-order valence-corrected chi connectivity index (χ1v) is 6.65. The minimum absolute atomic E-state index is 0.0663. The van der Waals surface area contributed by atoms with Gasteiger partial charge in [-0.3, -0.25) is 19.2 Å². The van der Waals surface area contributed by atoms with Crippen molar-refractivity contribution in [2.24, 2.45) is 0 Å². The predicted octanol–water partition coefficient (Wildman–Crippen LogP) is -0.472. The molecule has 0 spiro atoms. The van der Waals surface area contributed by atoms with Gasteiger partial charge in [0, 0.05) is 0 Å². The number of hydrogen-bond donors (Lipinski definition) is 1. The van der Waals surface area contributed by atoms with Gasteiger partial charge >= 0.3 is 5.97 Å². The number of tetrazole rings is 1. The van der Waals surface area contributed by atoms with Gasteiger partial charge in [0.1, 0.15) is 6.42 Å². The van der Waals surface area contributed by atoms with Crippen LogP contribution in [0.1, 0.15) is 26.5 Å². The first kappa shape index (κ1) is 14.8. The van der Waals surface area contributed by atoms with Crippen molar-refractivity contribution in [3.8, 4) is 0 Å². The highest BCUT2D eigenvalue weighted by Crippen LogP contribution is 2.22. The molecule has 0 unspecified atom stereocenters. The van der Waals surface area contributed by atoms with E-state index < -0.39 is 17.8 Å². The zero-order valence-corrected chi connectivity index (χ0v) is 11.7. The number of carboxylic acid groups (broad SMARTS) is 1. The molecule has 2 aromatic rings. The molecule has 118 valence electrons. The summed E-state index contributed by atoms with van der Waals surface area (Å²) in [5.74, 6) is -1.98. The number of carboxylic acids is 1. The maximum Gasteiger partial charge on any atom is 0.311 e. The number of imide groups is 1. The second kappa shape index (κ2) is 5.93. The molecule has 0 bridgehead atoms. The van der Waals surface area contributed by atoms with Gasteiger partial charge in [0.2, 0.25) is 0 Å². The lowest BCUT2D eigenvalue weighted by molar-refractivity contribution is -0.136. The Morgan fingerprint density at radius 1 is 1.17 bits per heavy atom. The van der Waals surface area contributed by atoms with E-state index in [1.165, 1.54) is 4.68 Å². The van der Waals surface area contributed by atoms with Gasteiger partial charge < -0.3 is 5.11 Å². The molecule has 2 heterocycles. The Kier molecular flexibility index (Phi) is 3.81. The molecule has 0 fully saturated rings. The van der Waals surface area contributed by atoms with E-state index in [-0.39, 0.29) is 36.5 Å². The number of carbonyl (C=O) groups is 3. The van der Waals surface area contributed by atoms with Crippen LogP contribution in [0.5, 0.6) is 0 Å². The zero-order chi connectivity index (χ0) is 16.4. The molecule has 1 aromatic carbocycles. The minimum atomic E-state index is -1.07. The molecule has 0 radical (unpaired) electrons. The van der Waals surface area contributed by atoms with Crippen LogP contribution in [0, 0.1) is 0 Å². The second-order valence-corrected chi connectivity index (χ2v) is 4.67. The molecule has 1 aliphatic rings. The van der Waals surface area contributed by atoms with Crippen LogP contribution >= 0.6 is 0 Å². The van der Waals surface area contributed by atoms with E-state index in [1.54, 1.807) is 24.3 Å². The third-order valence-electron chi connectivity index (χ3n) is 3.20. The van der Waals surface area contributed by atoms with Crippen LogP contribution < -0.4 is 0 Å². The van der Waals surface area contributed by atoms with Gasteiger partial charge in [0.25, 0.3) is 11.8 Å². The molecule has 10 heteroatoms. The number of hydrogen-bond acceptors (Lipinski definition) is 7. The van der Waals surface area contributed by atoms with E-state index in [0.717, 1.165) is 0 Å². The molecule has 0 saturated carbocycles. The number of nitrogens with zero attached hydrogens (tertiary/aromatic N) is 5. The summed E-state index contributed by atoms with van der Waals surface area (Å²) in [7, 11) is 0. The van der Waals surface area contributed by atoms with Crippen LogP contribution in [0.4, 0.5) is 0 Å². The number of amides is 2. The average molecular weight is 317 g/mol. The van der Waals surface area contributed by atoms with Crippen LogP contribution in [0.15, 0.2) is 24.3 Å². The average Bonchev–Trinajstić information content (AvgIpc) is 3.05. The van der Waals surface area contributed by atoms with E-state index >= 15 is 0 Å². The quantitative estimate of drug-likeness (QED) is 0.708. The highest BCUT2D eigenvalue weighted by Gasteiger charge is 2.36. The van der Waals surface area contributed by atoms with Gasteiger partial charge in [-0.25, -0.2) is 4.68 Å². The summed E-state index contributed by atoms with van der Waals surface area (Å²) in [6.45, 7) is 0.0339. The van der Waals surface area contributed by atoms with Gasteiger partial charge in [-0.2, -0.15) is 0 Å². The van der Waals surface area contributed by atoms with Crippen LogP contribution in [0.3, 0.4) is 0 Å². The van der Waals surface area contributed by atoms with Crippen LogP contribution in [-0.4, -0.2) is 54.8 Å². The van der Waals surface area contributed by atoms with E-state index in [1.807, 2.05) is 0 Å². The normalized spacial score (nSPS) is 13.5. The number of hydroxylamine groups is 2. The molecule has 0 aliphatic carbocycles. The molecule has 2 amide bonds. The van der Waals surface area contributed by atoms with Crippen molar-refractivity contribution in [1.82, 2.24) is 25.3 Å².